The van der Waals surface area contributed by atoms with E-state index in [2.05, 4.69) is 4.98 Å². The fraction of sp³-hybridized carbons (Fsp3) is 0.588. The number of fused-ring (bicyclic) bond motifs is 1. The lowest BCUT2D eigenvalue weighted by molar-refractivity contribution is 0.0186. The molecule has 1 aliphatic rings. The Morgan fingerprint density at radius 1 is 1.28 bits per heavy atom. The van der Waals surface area contributed by atoms with Crippen molar-refractivity contribution in [3.05, 3.63) is 31.8 Å². The number of likely N-dealkylation sites (tertiary alicyclic amines) is 1. The van der Waals surface area contributed by atoms with Crippen molar-refractivity contribution in [1.29, 1.82) is 0 Å². The quantitative estimate of drug-likeness (QED) is 0.842. The number of hydrogen-bond acceptors (Lipinski definition) is 5. The molecule has 7 nitrogen and oxygen atoms in total. The molecule has 1 saturated heterocycles. The van der Waals surface area contributed by atoms with Crippen LogP contribution in [0.25, 0.3) is 10.2 Å². The van der Waals surface area contributed by atoms with Crippen LogP contribution in [0.4, 0.5) is 4.79 Å². The zero-order chi connectivity index (χ0) is 18.4. The zero-order valence-corrected chi connectivity index (χ0v) is 15.7. The van der Waals surface area contributed by atoms with E-state index < -0.39 is 5.60 Å². The minimum atomic E-state index is -0.538. The predicted octanol–water partition coefficient (Wildman–Crippen LogP) is 2.63. The summed E-state index contributed by atoms with van der Waals surface area (Å²) in [6.07, 6.45) is 0.754. The number of rotatable bonds is 1. The highest BCUT2D eigenvalue weighted by molar-refractivity contribution is 7.18. The third kappa shape index (κ3) is 3.63. The van der Waals surface area contributed by atoms with Crippen molar-refractivity contribution in [2.45, 2.75) is 52.2 Å². The summed E-state index contributed by atoms with van der Waals surface area (Å²) >= 11 is 1.41. The van der Waals surface area contributed by atoms with Gasteiger partial charge in [-0.15, -0.1) is 11.3 Å². The molecule has 0 bridgehead atoms. The third-order valence-electron chi connectivity index (χ3n) is 4.23. The summed E-state index contributed by atoms with van der Waals surface area (Å²) < 4.78 is 6.68. The van der Waals surface area contributed by atoms with Gasteiger partial charge in [0.25, 0.3) is 5.56 Å². The first kappa shape index (κ1) is 17.7. The molecule has 0 atom stereocenters. The summed E-state index contributed by atoms with van der Waals surface area (Å²) in [7, 11) is 0. The number of aromatic amines is 1. The second kappa shape index (κ2) is 6.33. The largest absolute Gasteiger partial charge is 0.444 e. The molecule has 0 spiro atoms. The number of aryl methyl sites for hydroxylation is 1. The van der Waals surface area contributed by atoms with Gasteiger partial charge in [-0.3, -0.25) is 14.3 Å². The number of carbonyl (C=O) groups is 1. The van der Waals surface area contributed by atoms with Crippen LogP contribution in [-0.2, 0) is 4.74 Å². The zero-order valence-electron chi connectivity index (χ0n) is 14.9. The van der Waals surface area contributed by atoms with Crippen LogP contribution >= 0.6 is 11.3 Å². The van der Waals surface area contributed by atoms with Gasteiger partial charge >= 0.3 is 11.8 Å². The molecule has 8 heteroatoms. The second-order valence-corrected chi connectivity index (χ2v) is 8.66. The van der Waals surface area contributed by atoms with E-state index in [0.29, 0.717) is 36.1 Å². The Hall–Kier alpha value is -2.09. The van der Waals surface area contributed by atoms with E-state index in [1.54, 1.807) is 4.90 Å². The number of nitrogens with one attached hydrogen (secondary N) is 1. The fourth-order valence-electron chi connectivity index (χ4n) is 3.11. The van der Waals surface area contributed by atoms with Crippen LogP contribution in [0, 0.1) is 6.92 Å². The second-order valence-electron chi connectivity index (χ2n) is 7.40. The van der Waals surface area contributed by atoms with E-state index in [1.165, 1.54) is 15.9 Å². The third-order valence-corrected chi connectivity index (χ3v) is 5.19. The SMILES string of the molecule is Cc1cc2c(=O)n(C3CCN(C(=O)OC(C)(C)C)CC3)c(=O)[nH]c2s1. The lowest BCUT2D eigenvalue weighted by Gasteiger charge is -2.33. The molecule has 2 aromatic heterocycles. The topological polar surface area (TPSA) is 84.4 Å². The predicted molar refractivity (Wildman–Crippen MR) is 97.5 cm³/mol. The van der Waals surface area contributed by atoms with Crippen LogP contribution in [0.5, 0.6) is 0 Å². The number of carbonyl (C=O) groups excluding carboxylic acids is 1. The lowest BCUT2D eigenvalue weighted by Crippen LogP contribution is -2.46. The minimum Gasteiger partial charge on any atom is -0.444 e. The monoisotopic (exact) mass is 365 g/mol. The molecule has 1 amide bonds. The maximum absolute atomic E-state index is 12.7. The van der Waals surface area contributed by atoms with Crippen molar-refractivity contribution in [2.24, 2.45) is 0 Å². The normalized spacial score (nSPS) is 16.4. The van der Waals surface area contributed by atoms with Crippen LogP contribution in [0.2, 0.25) is 0 Å². The van der Waals surface area contributed by atoms with Gasteiger partial charge in [0.1, 0.15) is 10.4 Å². The Balaban J connectivity index is 1.80. The van der Waals surface area contributed by atoms with Crippen LogP contribution in [-0.4, -0.2) is 39.2 Å². The van der Waals surface area contributed by atoms with Crippen molar-refractivity contribution in [1.82, 2.24) is 14.5 Å². The summed E-state index contributed by atoms with van der Waals surface area (Å²) in [6.45, 7) is 8.32. The van der Waals surface area contributed by atoms with Gasteiger partial charge in [-0.25, -0.2) is 9.59 Å². The molecule has 0 saturated carbocycles. The molecule has 3 heterocycles. The van der Waals surface area contributed by atoms with Crippen LogP contribution in [0.3, 0.4) is 0 Å². The van der Waals surface area contributed by atoms with Crippen molar-refractivity contribution in [2.75, 3.05) is 13.1 Å². The lowest BCUT2D eigenvalue weighted by atomic mass is 10.1. The molecule has 1 fully saturated rings. The molecule has 2 aromatic rings. The number of amides is 1. The Morgan fingerprint density at radius 3 is 2.52 bits per heavy atom. The fourth-order valence-corrected chi connectivity index (χ4v) is 4.00. The van der Waals surface area contributed by atoms with Crippen molar-refractivity contribution in [3.8, 4) is 0 Å². The van der Waals surface area contributed by atoms with Crippen molar-refractivity contribution >= 4 is 27.6 Å². The van der Waals surface area contributed by atoms with Gasteiger partial charge < -0.3 is 9.64 Å². The summed E-state index contributed by atoms with van der Waals surface area (Å²) in [5.41, 5.74) is -1.17. The average Bonchev–Trinajstić information content (AvgIpc) is 2.87. The Kier molecular flexibility index (Phi) is 4.49. The van der Waals surface area contributed by atoms with Crippen LogP contribution in [0.15, 0.2) is 15.7 Å². The Morgan fingerprint density at radius 2 is 1.92 bits per heavy atom. The van der Waals surface area contributed by atoms with Crippen LogP contribution < -0.4 is 11.2 Å². The molecule has 0 radical (unpaired) electrons. The molecule has 136 valence electrons. The van der Waals surface area contributed by atoms with E-state index >= 15 is 0 Å². The highest BCUT2D eigenvalue weighted by atomic mass is 32.1. The van der Waals surface area contributed by atoms with Crippen molar-refractivity contribution in [3.63, 3.8) is 0 Å². The average molecular weight is 365 g/mol. The minimum absolute atomic E-state index is 0.209. The van der Waals surface area contributed by atoms with E-state index in [-0.39, 0.29) is 23.4 Å². The number of aromatic nitrogens is 2. The Labute approximate surface area is 149 Å². The molecule has 0 unspecified atom stereocenters. The van der Waals surface area contributed by atoms with E-state index in [0.717, 1.165) is 4.88 Å². The van der Waals surface area contributed by atoms with Gasteiger partial charge in [0.15, 0.2) is 0 Å². The van der Waals surface area contributed by atoms with Gasteiger partial charge in [-0.05, 0) is 46.6 Å². The number of H-pyrrole nitrogens is 1. The number of thiophene rings is 1. The molecular weight excluding hydrogens is 342 g/mol. The standard InChI is InChI=1S/C17H23N3O4S/c1-10-9-12-13(25-10)18-15(22)20(14(12)21)11-5-7-19(8-6-11)16(23)24-17(2,3)4/h9,11H,5-8H2,1-4H3,(H,18,22). The molecule has 1 aliphatic heterocycles. The smallest absolute Gasteiger partial charge is 0.410 e. The molecule has 0 aliphatic carbocycles. The van der Waals surface area contributed by atoms with Gasteiger partial charge in [-0.2, -0.15) is 0 Å². The van der Waals surface area contributed by atoms with E-state index in [4.69, 9.17) is 4.74 Å². The van der Waals surface area contributed by atoms with Gasteiger partial charge in [0.2, 0.25) is 0 Å². The summed E-state index contributed by atoms with van der Waals surface area (Å²) in [6, 6.07) is 1.60. The highest BCUT2D eigenvalue weighted by Gasteiger charge is 2.29. The molecule has 0 aromatic carbocycles. The molecule has 1 N–H and O–H groups in total. The molecule has 25 heavy (non-hydrogen) atoms. The summed E-state index contributed by atoms with van der Waals surface area (Å²) in [4.78, 5) is 43.3. The molecule has 3 rings (SSSR count). The van der Waals surface area contributed by atoms with Crippen LogP contribution in [0.1, 0.15) is 44.5 Å². The maximum Gasteiger partial charge on any atom is 0.410 e. The number of nitrogens with zero attached hydrogens (tertiary/aromatic N) is 2. The first-order valence-electron chi connectivity index (χ1n) is 8.38. The van der Waals surface area contributed by atoms with E-state index in [1.807, 2.05) is 33.8 Å². The number of hydrogen-bond donors (Lipinski definition) is 1. The number of piperidine rings is 1. The van der Waals surface area contributed by atoms with Gasteiger partial charge in [0, 0.05) is 24.0 Å². The van der Waals surface area contributed by atoms with Gasteiger partial charge in [-0.1, -0.05) is 0 Å². The highest BCUT2D eigenvalue weighted by Crippen LogP contribution is 2.23. The van der Waals surface area contributed by atoms with E-state index in [9.17, 15) is 14.4 Å². The maximum atomic E-state index is 12.7. The summed E-state index contributed by atoms with van der Waals surface area (Å²) in [5, 5.41) is 0.552. The Bertz CT molecular complexity index is 911. The van der Waals surface area contributed by atoms with Gasteiger partial charge in [0.05, 0.1) is 5.39 Å². The summed E-state index contributed by atoms with van der Waals surface area (Å²) in [5.74, 6) is 0. The first-order chi connectivity index (χ1) is 11.7. The van der Waals surface area contributed by atoms with Crippen molar-refractivity contribution < 1.29 is 9.53 Å². The number of ether oxygens (including phenoxy) is 1. The molecular formula is C17H23N3O4S. The first-order valence-corrected chi connectivity index (χ1v) is 9.20.